The predicted molar refractivity (Wildman–Crippen MR) is 75.8 cm³/mol. The van der Waals surface area contributed by atoms with Crippen LogP contribution in [0.4, 0.5) is 0 Å². The van der Waals surface area contributed by atoms with E-state index in [2.05, 4.69) is 6.92 Å². The van der Waals surface area contributed by atoms with Gasteiger partial charge >= 0.3 is 0 Å². The van der Waals surface area contributed by atoms with E-state index in [9.17, 15) is 21.0 Å². The average molecular weight is 278 g/mol. The zero-order valence-electron chi connectivity index (χ0n) is 12.7. The molecule has 1 atom stereocenters. The van der Waals surface area contributed by atoms with Gasteiger partial charge in [0.25, 0.3) is 0 Å². The number of rotatable bonds is 3. The van der Waals surface area contributed by atoms with E-state index in [0.717, 1.165) is 19.3 Å². The molecule has 4 nitrogen and oxygen atoms in total. The van der Waals surface area contributed by atoms with Gasteiger partial charge in [0.15, 0.2) is 10.8 Å². The number of nitriles is 4. The summed E-state index contributed by atoms with van der Waals surface area (Å²) in [6, 6.07) is 8.05. The van der Waals surface area contributed by atoms with Gasteiger partial charge in [-0.1, -0.05) is 38.8 Å². The molecule has 0 bridgehead atoms. The van der Waals surface area contributed by atoms with E-state index in [1.165, 1.54) is 5.57 Å². The van der Waals surface area contributed by atoms with Crippen LogP contribution in [-0.4, -0.2) is 0 Å². The summed E-state index contributed by atoms with van der Waals surface area (Å²) in [6.45, 7) is 5.78. The maximum atomic E-state index is 9.63. The Morgan fingerprint density at radius 3 is 1.86 bits per heavy atom. The minimum absolute atomic E-state index is 0.645. The molecule has 0 heterocycles. The quantitative estimate of drug-likeness (QED) is 0.737. The van der Waals surface area contributed by atoms with Gasteiger partial charge in [-0.3, -0.25) is 0 Å². The van der Waals surface area contributed by atoms with Crippen molar-refractivity contribution in [1.82, 2.24) is 0 Å². The van der Waals surface area contributed by atoms with Crippen molar-refractivity contribution >= 4 is 0 Å². The van der Waals surface area contributed by atoms with Gasteiger partial charge in [-0.2, -0.15) is 21.0 Å². The largest absolute Gasteiger partial charge is 0.196 e. The molecule has 106 valence electrons. The minimum atomic E-state index is -1.57. The lowest BCUT2D eigenvalue weighted by Gasteiger charge is -2.72. The first-order chi connectivity index (χ1) is 9.88. The van der Waals surface area contributed by atoms with Gasteiger partial charge in [-0.25, -0.2) is 0 Å². The number of hydrogen-bond acceptors (Lipinski definition) is 4. The van der Waals surface area contributed by atoms with E-state index >= 15 is 0 Å². The SMILES string of the molecule is CCCCC1=CC2(C1)C(C)(C)C(C#N)(C#N)C2(C#N)C#N. The molecule has 0 radical (unpaired) electrons. The van der Waals surface area contributed by atoms with Gasteiger partial charge in [0.1, 0.15) is 0 Å². The van der Waals surface area contributed by atoms with Crippen LogP contribution in [0.3, 0.4) is 0 Å². The summed E-state index contributed by atoms with van der Waals surface area (Å²) >= 11 is 0. The first-order valence-electron chi connectivity index (χ1n) is 7.24. The van der Waals surface area contributed by atoms with E-state index in [4.69, 9.17) is 0 Å². The molecule has 21 heavy (non-hydrogen) atoms. The van der Waals surface area contributed by atoms with Crippen molar-refractivity contribution < 1.29 is 0 Å². The Kier molecular flexibility index (Phi) is 3.12. The topological polar surface area (TPSA) is 95.2 Å². The highest BCUT2D eigenvalue weighted by Crippen LogP contribution is 2.82. The lowest BCUT2D eigenvalue weighted by Crippen LogP contribution is -2.76. The minimum Gasteiger partial charge on any atom is -0.196 e. The van der Waals surface area contributed by atoms with Crippen LogP contribution in [0.25, 0.3) is 0 Å². The molecule has 0 N–H and O–H groups in total. The fourth-order valence-corrected chi connectivity index (χ4v) is 4.29. The molecule has 2 rings (SSSR count). The third-order valence-corrected chi connectivity index (χ3v) is 5.76. The zero-order chi connectivity index (χ0) is 15.9. The maximum absolute atomic E-state index is 9.63. The van der Waals surface area contributed by atoms with Crippen molar-refractivity contribution in [3.8, 4) is 24.3 Å². The van der Waals surface area contributed by atoms with Gasteiger partial charge in [-0.15, -0.1) is 0 Å². The van der Waals surface area contributed by atoms with Crippen LogP contribution in [0.1, 0.15) is 46.5 Å². The third kappa shape index (κ3) is 1.22. The number of hydrogen-bond donors (Lipinski definition) is 0. The molecule has 0 aromatic carbocycles. The number of unbranched alkanes of at least 4 members (excludes halogenated alkanes) is 1. The predicted octanol–water partition coefficient (Wildman–Crippen LogP) is 3.60. The second-order valence-electron chi connectivity index (χ2n) is 6.63. The first kappa shape index (κ1) is 15.1. The number of allylic oxidation sites excluding steroid dienone is 2. The molecular formula is C17H18N4. The van der Waals surface area contributed by atoms with Gasteiger partial charge in [0.2, 0.25) is 0 Å². The molecule has 0 aromatic heterocycles. The second kappa shape index (κ2) is 4.35. The molecule has 0 saturated heterocycles. The van der Waals surface area contributed by atoms with E-state index < -0.39 is 21.7 Å². The van der Waals surface area contributed by atoms with Gasteiger partial charge in [0, 0.05) is 10.8 Å². The van der Waals surface area contributed by atoms with Crippen molar-refractivity contribution in [2.45, 2.75) is 46.5 Å². The Labute approximate surface area is 125 Å². The molecule has 0 amide bonds. The highest BCUT2D eigenvalue weighted by molar-refractivity contribution is 5.57. The van der Waals surface area contributed by atoms with Crippen LogP contribution < -0.4 is 0 Å². The van der Waals surface area contributed by atoms with Crippen LogP contribution in [0.2, 0.25) is 0 Å². The molecule has 2 aliphatic carbocycles. The summed E-state index contributed by atoms with van der Waals surface area (Å²) in [6.07, 6.45) is 5.79. The first-order valence-corrected chi connectivity index (χ1v) is 7.24. The maximum Gasteiger partial charge on any atom is 0.185 e. The molecule has 1 unspecified atom stereocenters. The standard InChI is InChI=1S/C17H18N4/c1-4-5-6-13-7-15(8-13)14(2,3)16(9-18,10-19)17(15,11-20)12-21/h7H,4-6,8H2,1-3H3. The van der Waals surface area contributed by atoms with Crippen molar-refractivity contribution in [3.63, 3.8) is 0 Å². The van der Waals surface area contributed by atoms with Gasteiger partial charge in [-0.05, 0) is 19.3 Å². The smallest absolute Gasteiger partial charge is 0.185 e. The Balaban J connectivity index is 2.55. The summed E-state index contributed by atoms with van der Waals surface area (Å²) in [5.41, 5.74) is -3.27. The summed E-state index contributed by atoms with van der Waals surface area (Å²) in [4.78, 5) is 0. The number of nitrogens with zero attached hydrogens (tertiary/aromatic N) is 4. The van der Waals surface area contributed by atoms with E-state index in [0.29, 0.717) is 6.42 Å². The zero-order valence-corrected chi connectivity index (χ0v) is 12.7. The van der Waals surface area contributed by atoms with Crippen LogP contribution in [-0.2, 0) is 0 Å². The van der Waals surface area contributed by atoms with Crippen LogP contribution >= 0.6 is 0 Å². The Morgan fingerprint density at radius 2 is 1.48 bits per heavy atom. The van der Waals surface area contributed by atoms with E-state index in [1.54, 1.807) is 0 Å². The van der Waals surface area contributed by atoms with Gasteiger partial charge in [0.05, 0.1) is 24.3 Å². The van der Waals surface area contributed by atoms with Crippen LogP contribution in [0.5, 0.6) is 0 Å². The fourth-order valence-electron chi connectivity index (χ4n) is 4.29. The van der Waals surface area contributed by atoms with Crippen molar-refractivity contribution in [1.29, 1.82) is 21.0 Å². The van der Waals surface area contributed by atoms with Crippen molar-refractivity contribution in [3.05, 3.63) is 11.6 Å². The lowest BCUT2D eigenvalue weighted by atomic mass is 9.23. The average Bonchev–Trinajstić information content (AvgIpc) is 2.43. The molecule has 4 heteroatoms. The molecule has 1 saturated carbocycles. The van der Waals surface area contributed by atoms with E-state index in [1.807, 2.05) is 44.2 Å². The molecule has 0 aliphatic heterocycles. The third-order valence-electron chi connectivity index (χ3n) is 5.76. The lowest BCUT2D eigenvalue weighted by molar-refractivity contribution is -0.200. The van der Waals surface area contributed by atoms with Crippen LogP contribution in [0.15, 0.2) is 11.6 Å². The van der Waals surface area contributed by atoms with Crippen molar-refractivity contribution in [2.24, 2.45) is 21.7 Å². The van der Waals surface area contributed by atoms with Crippen LogP contribution in [0, 0.1) is 67.0 Å². The molecular weight excluding hydrogens is 260 g/mol. The highest BCUT2D eigenvalue weighted by atomic mass is 14.8. The summed E-state index contributed by atoms with van der Waals surface area (Å²) in [5, 5.41) is 38.3. The normalized spacial score (nSPS) is 29.6. The summed E-state index contributed by atoms with van der Waals surface area (Å²) in [5.74, 6) is 0. The van der Waals surface area contributed by atoms with Gasteiger partial charge < -0.3 is 0 Å². The molecule has 2 aliphatic rings. The Hall–Kier alpha value is -2.30. The Morgan fingerprint density at radius 1 is 1.00 bits per heavy atom. The van der Waals surface area contributed by atoms with E-state index in [-0.39, 0.29) is 0 Å². The Bertz CT molecular complexity index is 644. The summed E-state index contributed by atoms with van der Waals surface area (Å²) in [7, 11) is 0. The second-order valence-corrected chi connectivity index (χ2v) is 6.63. The molecule has 1 fully saturated rings. The monoisotopic (exact) mass is 278 g/mol. The fraction of sp³-hybridized carbons (Fsp3) is 0.647. The molecule has 1 spiro atoms. The van der Waals surface area contributed by atoms with Crippen molar-refractivity contribution in [2.75, 3.05) is 0 Å². The molecule has 0 aromatic rings. The summed E-state index contributed by atoms with van der Waals surface area (Å²) < 4.78 is 0. The highest BCUT2D eigenvalue weighted by Gasteiger charge is 2.87.